The van der Waals surface area contributed by atoms with Crippen LogP contribution < -0.4 is 5.32 Å². The summed E-state index contributed by atoms with van der Waals surface area (Å²) >= 11 is 0. The largest absolute Gasteiger partial charge is 0.357 e. The monoisotopic (exact) mass is 379 g/mol. The Kier molecular flexibility index (Phi) is 5.57. The number of hydrogen-bond acceptors (Lipinski definition) is 5. The zero-order valence-electron chi connectivity index (χ0n) is 16.7. The Labute approximate surface area is 167 Å². The molecule has 2 aromatic rings. The van der Waals surface area contributed by atoms with E-state index in [0.29, 0.717) is 23.5 Å². The first-order valence-corrected chi connectivity index (χ1v) is 10.2. The Morgan fingerprint density at radius 3 is 2.57 bits per heavy atom. The van der Waals surface area contributed by atoms with Crippen molar-refractivity contribution < 1.29 is 4.79 Å². The number of benzene rings is 1. The molecule has 1 N–H and O–H groups in total. The second kappa shape index (κ2) is 8.27. The zero-order valence-corrected chi connectivity index (χ0v) is 16.7. The molecule has 0 radical (unpaired) electrons. The fraction of sp³-hybridized carbons (Fsp3) is 0.500. The number of rotatable bonds is 3. The summed E-state index contributed by atoms with van der Waals surface area (Å²) in [7, 11) is 3.99. The molecule has 3 heterocycles. The van der Waals surface area contributed by atoms with Crippen LogP contribution in [0.5, 0.6) is 0 Å². The average Bonchev–Trinajstić information content (AvgIpc) is 3.11. The quantitative estimate of drug-likeness (QED) is 0.888. The molecule has 6 nitrogen and oxygen atoms in total. The van der Waals surface area contributed by atoms with Crippen molar-refractivity contribution in [1.29, 1.82) is 0 Å². The highest BCUT2D eigenvalue weighted by Crippen LogP contribution is 2.39. The minimum Gasteiger partial charge on any atom is -0.357 e. The van der Waals surface area contributed by atoms with Crippen LogP contribution in [0.15, 0.2) is 42.7 Å². The van der Waals surface area contributed by atoms with Gasteiger partial charge in [-0.2, -0.15) is 0 Å². The third kappa shape index (κ3) is 3.61. The molecular formula is C22H29N5O. The number of carbonyl (C=O) groups is 1. The number of likely N-dealkylation sites (N-methyl/N-ethyl adjacent to an activating group) is 1. The van der Waals surface area contributed by atoms with Crippen molar-refractivity contribution in [1.82, 2.24) is 19.8 Å². The molecule has 0 spiro atoms. The third-order valence-corrected chi connectivity index (χ3v) is 6.23. The molecule has 6 heteroatoms. The highest BCUT2D eigenvalue weighted by atomic mass is 16.2. The first-order chi connectivity index (χ1) is 13.7. The van der Waals surface area contributed by atoms with E-state index in [1.54, 1.807) is 19.4 Å². The van der Waals surface area contributed by atoms with E-state index in [1.807, 2.05) is 0 Å². The maximum Gasteiger partial charge on any atom is 0.257 e. The SMILES string of the molecule is CNc1ncc(C(=O)N2C[C@@H](c3ccccc3)[C@H]3[C@H]2CCCCCN3C)cn1. The van der Waals surface area contributed by atoms with E-state index in [9.17, 15) is 4.79 Å². The zero-order chi connectivity index (χ0) is 19.5. The van der Waals surface area contributed by atoms with Crippen LogP contribution in [0.25, 0.3) is 0 Å². The van der Waals surface area contributed by atoms with Gasteiger partial charge in [-0.1, -0.05) is 43.2 Å². The van der Waals surface area contributed by atoms with Crippen LogP contribution in [0.4, 0.5) is 5.95 Å². The van der Waals surface area contributed by atoms with E-state index in [0.717, 1.165) is 19.5 Å². The number of likely N-dealkylation sites (tertiary alicyclic amines) is 2. The van der Waals surface area contributed by atoms with Gasteiger partial charge in [-0.3, -0.25) is 4.79 Å². The fourth-order valence-corrected chi connectivity index (χ4v) is 4.85. The first kappa shape index (κ1) is 18.9. The minimum atomic E-state index is 0.0463. The first-order valence-electron chi connectivity index (χ1n) is 10.2. The molecule has 148 valence electrons. The second-order valence-electron chi connectivity index (χ2n) is 7.91. The van der Waals surface area contributed by atoms with Crippen LogP contribution in [-0.2, 0) is 0 Å². The van der Waals surface area contributed by atoms with Crippen molar-refractivity contribution in [3.8, 4) is 0 Å². The Hall–Kier alpha value is -2.47. The maximum atomic E-state index is 13.4. The summed E-state index contributed by atoms with van der Waals surface area (Å²) in [6.45, 7) is 1.84. The van der Waals surface area contributed by atoms with Gasteiger partial charge >= 0.3 is 0 Å². The van der Waals surface area contributed by atoms with Crippen LogP contribution in [0.1, 0.15) is 47.5 Å². The summed E-state index contributed by atoms with van der Waals surface area (Å²) in [4.78, 5) is 26.4. The second-order valence-corrected chi connectivity index (χ2v) is 7.91. The highest BCUT2D eigenvalue weighted by molar-refractivity contribution is 5.94. The number of fused-ring (bicyclic) bond motifs is 1. The molecule has 0 bridgehead atoms. The molecule has 2 saturated heterocycles. The van der Waals surface area contributed by atoms with E-state index in [-0.39, 0.29) is 11.9 Å². The number of hydrogen-bond donors (Lipinski definition) is 1. The lowest BCUT2D eigenvalue weighted by Gasteiger charge is -2.37. The van der Waals surface area contributed by atoms with E-state index in [1.165, 1.54) is 24.8 Å². The standard InChI is InChI=1S/C22H29N5O/c1-23-22-24-13-17(14-25-22)21(28)27-15-18(16-9-5-3-6-10-16)20-19(27)11-7-4-8-12-26(20)2/h3,5-6,9-10,13-14,18-20H,4,7-8,11-12,15H2,1-2H3,(H,23,24,25)/t18-,19+,20-/m0/s1. The van der Waals surface area contributed by atoms with Crippen molar-refractivity contribution >= 4 is 11.9 Å². The van der Waals surface area contributed by atoms with Crippen molar-refractivity contribution in [3.05, 3.63) is 53.9 Å². The Morgan fingerprint density at radius 2 is 1.86 bits per heavy atom. The highest BCUT2D eigenvalue weighted by Gasteiger charge is 2.46. The summed E-state index contributed by atoms with van der Waals surface area (Å²) in [6.07, 6.45) is 7.96. The lowest BCUT2D eigenvalue weighted by molar-refractivity contribution is 0.0668. The summed E-state index contributed by atoms with van der Waals surface area (Å²) in [5.74, 6) is 0.907. The van der Waals surface area contributed by atoms with Gasteiger partial charge in [0.05, 0.1) is 5.56 Å². The van der Waals surface area contributed by atoms with Crippen LogP contribution >= 0.6 is 0 Å². The number of aromatic nitrogens is 2. The van der Waals surface area contributed by atoms with Gasteiger partial charge in [0, 0.05) is 44.0 Å². The number of nitrogens with one attached hydrogen (secondary N) is 1. The van der Waals surface area contributed by atoms with Gasteiger partial charge in [-0.15, -0.1) is 0 Å². The molecule has 3 atom stereocenters. The summed E-state index contributed by atoms with van der Waals surface area (Å²) in [5.41, 5.74) is 1.89. The van der Waals surface area contributed by atoms with Crippen LogP contribution in [0.2, 0.25) is 0 Å². The lowest BCUT2D eigenvalue weighted by Crippen LogP contribution is -2.47. The van der Waals surface area contributed by atoms with Gasteiger partial charge in [0.2, 0.25) is 5.95 Å². The van der Waals surface area contributed by atoms with Crippen molar-refractivity contribution in [2.75, 3.05) is 32.5 Å². The lowest BCUT2D eigenvalue weighted by atomic mass is 9.87. The molecule has 1 aromatic carbocycles. The predicted molar refractivity (Wildman–Crippen MR) is 110 cm³/mol. The van der Waals surface area contributed by atoms with Crippen molar-refractivity contribution in [2.45, 2.75) is 43.7 Å². The van der Waals surface area contributed by atoms with Crippen LogP contribution in [-0.4, -0.2) is 64.9 Å². The molecule has 2 fully saturated rings. The van der Waals surface area contributed by atoms with E-state index < -0.39 is 0 Å². The molecule has 0 saturated carbocycles. The molecule has 2 aliphatic heterocycles. The van der Waals surface area contributed by atoms with E-state index >= 15 is 0 Å². The van der Waals surface area contributed by atoms with Gasteiger partial charge in [0.25, 0.3) is 5.91 Å². The molecule has 1 aromatic heterocycles. The van der Waals surface area contributed by atoms with Gasteiger partial charge in [-0.05, 0) is 32.0 Å². The van der Waals surface area contributed by atoms with Gasteiger partial charge in [0.1, 0.15) is 0 Å². The fourth-order valence-electron chi connectivity index (χ4n) is 4.85. The smallest absolute Gasteiger partial charge is 0.257 e. The summed E-state index contributed by atoms with van der Waals surface area (Å²) in [5, 5.41) is 2.90. The number of carbonyl (C=O) groups excluding carboxylic acids is 1. The molecule has 0 aliphatic carbocycles. The molecule has 2 aliphatic rings. The predicted octanol–water partition coefficient (Wildman–Crippen LogP) is 3.00. The molecule has 0 unspecified atom stereocenters. The molecule has 28 heavy (non-hydrogen) atoms. The number of anilines is 1. The van der Waals surface area contributed by atoms with Gasteiger partial charge < -0.3 is 15.1 Å². The maximum absolute atomic E-state index is 13.4. The third-order valence-electron chi connectivity index (χ3n) is 6.23. The van der Waals surface area contributed by atoms with Crippen LogP contribution in [0.3, 0.4) is 0 Å². The van der Waals surface area contributed by atoms with Gasteiger partial charge in [0.15, 0.2) is 0 Å². The Balaban J connectivity index is 1.66. The number of amides is 1. The topological polar surface area (TPSA) is 61.4 Å². The minimum absolute atomic E-state index is 0.0463. The summed E-state index contributed by atoms with van der Waals surface area (Å²) < 4.78 is 0. The van der Waals surface area contributed by atoms with Crippen molar-refractivity contribution in [3.63, 3.8) is 0 Å². The average molecular weight is 380 g/mol. The van der Waals surface area contributed by atoms with Crippen LogP contribution in [0, 0.1) is 0 Å². The van der Waals surface area contributed by atoms with E-state index in [4.69, 9.17) is 0 Å². The normalized spacial score (nSPS) is 25.6. The number of nitrogens with zero attached hydrogens (tertiary/aromatic N) is 4. The van der Waals surface area contributed by atoms with E-state index in [2.05, 4.69) is 62.5 Å². The Bertz CT molecular complexity index is 794. The summed E-state index contributed by atoms with van der Waals surface area (Å²) in [6, 6.07) is 11.2. The van der Waals surface area contributed by atoms with Gasteiger partial charge in [-0.25, -0.2) is 9.97 Å². The molecular weight excluding hydrogens is 350 g/mol. The molecule has 1 amide bonds. The molecule has 4 rings (SSSR count). The Morgan fingerprint density at radius 1 is 1.11 bits per heavy atom. The van der Waals surface area contributed by atoms with Crippen molar-refractivity contribution in [2.24, 2.45) is 0 Å².